The number of carbonyl (C=O) groups is 1. The van der Waals surface area contributed by atoms with Crippen molar-refractivity contribution in [2.75, 3.05) is 5.43 Å². The van der Waals surface area contributed by atoms with Crippen LogP contribution in [-0.4, -0.2) is 11.7 Å². The summed E-state index contributed by atoms with van der Waals surface area (Å²) in [5, 5.41) is 6.34. The highest BCUT2D eigenvalue weighted by atomic mass is 19.4. The predicted molar refractivity (Wildman–Crippen MR) is 127 cm³/mol. The van der Waals surface area contributed by atoms with Crippen LogP contribution in [0.1, 0.15) is 45.8 Å². The third-order valence-electron chi connectivity index (χ3n) is 5.95. The maximum Gasteiger partial charge on any atom is 0.416 e. The van der Waals surface area contributed by atoms with Crippen LogP contribution >= 0.6 is 0 Å². The van der Waals surface area contributed by atoms with Crippen molar-refractivity contribution in [3.05, 3.63) is 94.9 Å². The summed E-state index contributed by atoms with van der Waals surface area (Å²) < 4.78 is 50.5. The van der Waals surface area contributed by atoms with Gasteiger partial charge in [-0.25, -0.2) is 4.79 Å². The smallest absolute Gasteiger partial charge is 0.416 e. The lowest BCUT2D eigenvalue weighted by Crippen LogP contribution is -2.14. The molecule has 1 aliphatic carbocycles. The summed E-state index contributed by atoms with van der Waals surface area (Å²) >= 11 is 0. The van der Waals surface area contributed by atoms with E-state index < -0.39 is 17.7 Å². The van der Waals surface area contributed by atoms with E-state index in [1.807, 2.05) is 30.3 Å². The zero-order chi connectivity index (χ0) is 24.6. The molecule has 3 aromatic carbocycles. The van der Waals surface area contributed by atoms with E-state index in [0.29, 0.717) is 41.2 Å². The van der Waals surface area contributed by atoms with Crippen LogP contribution in [0.5, 0.6) is 5.75 Å². The molecule has 0 saturated heterocycles. The topological polar surface area (TPSA) is 63.8 Å². The lowest BCUT2D eigenvalue weighted by Gasteiger charge is -2.14. The van der Waals surface area contributed by atoms with Gasteiger partial charge in [-0.2, -0.15) is 18.3 Å². The van der Waals surface area contributed by atoms with Crippen molar-refractivity contribution in [1.29, 1.82) is 0 Å². The van der Waals surface area contributed by atoms with Gasteiger partial charge in [-0.05, 0) is 60.9 Å². The lowest BCUT2D eigenvalue weighted by atomic mass is 9.93. The highest BCUT2D eigenvalue weighted by molar-refractivity contribution is 6.06. The fourth-order valence-electron chi connectivity index (χ4n) is 4.26. The molecule has 5 rings (SSSR count). The normalized spacial score (nSPS) is 14.7. The Labute approximate surface area is 199 Å². The maximum absolute atomic E-state index is 13.0. The number of hydrogen-bond acceptors (Lipinski definition) is 5. The van der Waals surface area contributed by atoms with Gasteiger partial charge in [0.2, 0.25) is 5.76 Å². The molecule has 0 aliphatic heterocycles. The number of fused-ring (bicyclic) bond motifs is 2. The number of nitrogens with zero attached hydrogens (tertiary/aromatic N) is 1. The Morgan fingerprint density at radius 1 is 1.00 bits per heavy atom. The molecule has 1 heterocycles. The van der Waals surface area contributed by atoms with Crippen molar-refractivity contribution in [3.8, 4) is 5.75 Å². The van der Waals surface area contributed by atoms with E-state index in [-0.39, 0.29) is 11.4 Å². The second-order valence-electron chi connectivity index (χ2n) is 8.36. The van der Waals surface area contributed by atoms with Crippen molar-refractivity contribution < 1.29 is 27.1 Å². The Morgan fingerprint density at radius 2 is 1.80 bits per heavy atom. The Hall–Kier alpha value is -4.07. The number of hydrogen-bond donors (Lipinski definition) is 1. The molecule has 8 heteroatoms. The van der Waals surface area contributed by atoms with Crippen LogP contribution in [0.25, 0.3) is 10.8 Å². The molecule has 0 amide bonds. The van der Waals surface area contributed by atoms with Crippen molar-refractivity contribution in [3.63, 3.8) is 0 Å². The zero-order valence-electron chi connectivity index (χ0n) is 18.8. The quantitative estimate of drug-likeness (QED) is 0.193. The molecule has 178 valence electrons. The van der Waals surface area contributed by atoms with E-state index in [1.165, 1.54) is 12.1 Å². The summed E-state index contributed by atoms with van der Waals surface area (Å²) in [5.41, 5.74) is 4.09. The molecular weight excluding hydrogens is 457 g/mol. The first-order valence-electron chi connectivity index (χ1n) is 11.1. The van der Waals surface area contributed by atoms with Gasteiger partial charge in [0.25, 0.3) is 0 Å². The van der Waals surface area contributed by atoms with Gasteiger partial charge in [0.05, 0.1) is 17.0 Å². The second kappa shape index (κ2) is 8.94. The predicted octanol–water partition coefficient (Wildman–Crippen LogP) is 7.13. The molecule has 5 nitrogen and oxygen atoms in total. The van der Waals surface area contributed by atoms with Gasteiger partial charge in [-0.1, -0.05) is 36.4 Å². The minimum Gasteiger partial charge on any atom is -0.453 e. The van der Waals surface area contributed by atoms with Crippen LogP contribution in [0.3, 0.4) is 0 Å². The van der Waals surface area contributed by atoms with E-state index in [0.717, 1.165) is 29.3 Å². The summed E-state index contributed by atoms with van der Waals surface area (Å²) in [6.45, 7) is 1.75. The molecule has 0 atom stereocenters. The fraction of sp³-hybridized carbons (Fsp3) is 0.185. The van der Waals surface area contributed by atoms with E-state index in [4.69, 9.17) is 9.15 Å². The average Bonchev–Trinajstić information content (AvgIpc) is 3.19. The molecule has 1 aliphatic rings. The molecule has 4 aromatic rings. The van der Waals surface area contributed by atoms with Gasteiger partial charge < -0.3 is 9.15 Å². The van der Waals surface area contributed by atoms with Crippen LogP contribution < -0.4 is 10.2 Å². The number of halogens is 3. The molecule has 0 spiro atoms. The molecule has 0 saturated carbocycles. The number of benzene rings is 3. The number of rotatable bonds is 4. The monoisotopic (exact) mass is 478 g/mol. The summed E-state index contributed by atoms with van der Waals surface area (Å²) in [6, 6.07) is 18.0. The first-order chi connectivity index (χ1) is 16.8. The second-order valence-corrected chi connectivity index (χ2v) is 8.36. The number of anilines is 1. The highest BCUT2D eigenvalue weighted by Gasteiger charge is 2.31. The van der Waals surface area contributed by atoms with Crippen LogP contribution in [0.2, 0.25) is 0 Å². The Morgan fingerprint density at radius 3 is 2.60 bits per heavy atom. The fourth-order valence-corrected chi connectivity index (χ4v) is 4.26. The van der Waals surface area contributed by atoms with Crippen molar-refractivity contribution in [2.24, 2.45) is 5.10 Å². The molecule has 1 N–H and O–H groups in total. The number of esters is 1. The summed E-state index contributed by atoms with van der Waals surface area (Å²) in [6.07, 6.45) is -2.48. The third kappa shape index (κ3) is 4.64. The summed E-state index contributed by atoms with van der Waals surface area (Å²) in [7, 11) is 0. The highest BCUT2D eigenvalue weighted by Crippen LogP contribution is 2.33. The van der Waals surface area contributed by atoms with E-state index in [1.54, 1.807) is 19.1 Å². The van der Waals surface area contributed by atoms with Crippen molar-refractivity contribution >= 4 is 28.1 Å². The number of ether oxygens (including phenoxy) is 1. The minimum atomic E-state index is -4.44. The maximum atomic E-state index is 13.0. The van der Waals surface area contributed by atoms with E-state index >= 15 is 0 Å². The lowest BCUT2D eigenvalue weighted by molar-refractivity contribution is -0.137. The van der Waals surface area contributed by atoms with Crippen LogP contribution in [0, 0.1) is 6.92 Å². The van der Waals surface area contributed by atoms with Gasteiger partial charge >= 0.3 is 12.1 Å². The van der Waals surface area contributed by atoms with Gasteiger partial charge in [0.1, 0.15) is 11.5 Å². The molecular formula is C27H21F3N2O3. The van der Waals surface area contributed by atoms with Crippen LogP contribution in [0.4, 0.5) is 18.9 Å². The molecule has 0 fully saturated rings. The van der Waals surface area contributed by atoms with Crippen molar-refractivity contribution in [2.45, 2.75) is 32.4 Å². The first kappa shape index (κ1) is 22.7. The van der Waals surface area contributed by atoms with Crippen LogP contribution in [-0.2, 0) is 12.6 Å². The molecule has 35 heavy (non-hydrogen) atoms. The number of carbonyl (C=O) groups excluding carboxylic acids is 1. The average molecular weight is 478 g/mol. The standard InChI is InChI=1S/C27H21F3N2O3/c1-16-24-22(32-31-20-9-4-8-19(15-20)27(28,29)30)10-5-11-23(24)35-25(16)26(33)34-21-13-12-17-6-2-3-7-18(17)14-21/h2-4,6-9,12-15,31H,5,10-11H2,1H3/b32-22+. The summed E-state index contributed by atoms with van der Waals surface area (Å²) in [5.74, 6) is 0.501. The number of nitrogens with one attached hydrogen (secondary N) is 1. The van der Waals surface area contributed by atoms with E-state index in [9.17, 15) is 18.0 Å². The number of furan rings is 1. The largest absolute Gasteiger partial charge is 0.453 e. The number of hydrazone groups is 1. The molecule has 0 unspecified atom stereocenters. The van der Waals surface area contributed by atoms with E-state index in [2.05, 4.69) is 10.5 Å². The zero-order valence-corrected chi connectivity index (χ0v) is 18.8. The van der Waals surface area contributed by atoms with Crippen LogP contribution in [0.15, 0.2) is 76.2 Å². The Balaban J connectivity index is 1.39. The van der Waals surface area contributed by atoms with Gasteiger partial charge in [-0.3, -0.25) is 5.43 Å². The van der Waals surface area contributed by atoms with Gasteiger partial charge in [-0.15, -0.1) is 0 Å². The molecule has 1 aromatic heterocycles. The molecule has 0 bridgehead atoms. The molecule has 0 radical (unpaired) electrons. The minimum absolute atomic E-state index is 0.0943. The summed E-state index contributed by atoms with van der Waals surface area (Å²) in [4.78, 5) is 12.9. The van der Waals surface area contributed by atoms with Gasteiger partial charge in [0.15, 0.2) is 0 Å². The van der Waals surface area contributed by atoms with Crippen molar-refractivity contribution in [1.82, 2.24) is 0 Å². The SMILES string of the molecule is Cc1c(C(=O)Oc2ccc3ccccc3c2)oc2c1/C(=N/Nc1cccc(C(F)(F)F)c1)CCC2. The Bertz CT molecular complexity index is 1450. The number of alkyl halides is 3. The Kier molecular flexibility index (Phi) is 5.80. The first-order valence-corrected chi connectivity index (χ1v) is 11.1. The van der Waals surface area contributed by atoms with Gasteiger partial charge in [0, 0.05) is 17.5 Å². The number of aryl methyl sites for hydroxylation is 1. The third-order valence-corrected chi connectivity index (χ3v) is 5.95.